The molecule has 0 heterocycles. The molecule has 0 bridgehead atoms. The van der Waals surface area contributed by atoms with E-state index in [-0.39, 0.29) is 12.3 Å². The van der Waals surface area contributed by atoms with Crippen LogP contribution in [0.3, 0.4) is 0 Å². The van der Waals surface area contributed by atoms with Crippen LogP contribution in [0.1, 0.15) is 26.2 Å². The molecule has 0 saturated heterocycles. The molecule has 0 saturated carbocycles. The molecule has 2 N–H and O–H groups in total. The number of nitro groups is 1. The van der Waals surface area contributed by atoms with Crippen LogP contribution >= 0.6 is 0 Å². The van der Waals surface area contributed by atoms with Crippen molar-refractivity contribution in [1.82, 2.24) is 0 Å². The number of unbranched alkanes of at least 4 members (excludes halogenated alkanes) is 1. The van der Waals surface area contributed by atoms with E-state index in [1.54, 1.807) is 18.2 Å². The van der Waals surface area contributed by atoms with E-state index in [9.17, 15) is 10.1 Å². The van der Waals surface area contributed by atoms with E-state index in [4.69, 9.17) is 9.84 Å². The summed E-state index contributed by atoms with van der Waals surface area (Å²) in [6.07, 6.45) is 2.23. The summed E-state index contributed by atoms with van der Waals surface area (Å²) in [6, 6.07) is 4.99. The Bertz CT molecular complexity index is 410. The van der Waals surface area contributed by atoms with Crippen LogP contribution in [-0.4, -0.2) is 29.8 Å². The predicted molar refractivity (Wildman–Crippen MR) is 73.7 cm³/mol. The maximum absolute atomic E-state index is 11.1. The number of aliphatic hydroxyl groups is 1. The highest BCUT2D eigenvalue weighted by Crippen LogP contribution is 2.34. The van der Waals surface area contributed by atoms with Crippen LogP contribution in [0.15, 0.2) is 18.2 Å². The third-order valence-electron chi connectivity index (χ3n) is 2.54. The smallest absolute Gasteiger partial charge is 0.333 e. The number of nitrogens with zero attached hydrogens (tertiary/aromatic N) is 1. The van der Waals surface area contributed by atoms with Crippen LogP contribution in [0.2, 0.25) is 0 Å². The Balaban J connectivity index is 2.80. The molecular formula is C13H20N2O4. The number of hydrogen-bond acceptors (Lipinski definition) is 5. The van der Waals surface area contributed by atoms with Crippen LogP contribution in [-0.2, 0) is 0 Å². The lowest BCUT2D eigenvalue weighted by Gasteiger charge is -2.10. The third kappa shape index (κ3) is 4.75. The van der Waals surface area contributed by atoms with Gasteiger partial charge in [-0.3, -0.25) is 10.1 Å². The summed E-state index contributed by atoms with van der Waals surface area (Å²) in [7, 11) is 0. The van der Waals surface area contributed by atoms with Crippen molar-refractivity contribution >= 4 is 11.4 Å². The van der Waals surface area contributed by atoms with E-state index in [1.807, 2.05) is 6.92 Å². The molecular weight excluding hydrogens is 248 g/mol. The molecule has 0 fully saturated rings. The van der Waals surface area contributed by atoms with E-state index >= 15 is 0 Å². The van der Waals surface area contributed by atoms with Crippen molar-refractivity contribution in [3.63, 3.8) is 0 Å². The lowest BCUT2D eigenvalue weighted by atomic mass is 10.2. The monoisotopic (exact) mass is 268 g/mol. The van der Waals surface area contributed by atoms with Gasteiger partial charge >= 0.3 is 5.69 Å². The molecule has 6 nitrogen and oxygen atoms in total. The number of ether oxygens (including phenoxy) is 1. The SMILES string of the molecule is CCCOc1cccc(NCCCCO)c1[N+](=O)[O-]. The summed E-state index contributed by atoms with van der Waals surface area (Å²) in [5.41, 5.74) is 0.427. The molecule has 0 atom stereocenters. The molecule has 1 aromatic rings. The fourth-order valence-electron chi connectivity index (χ4n) is 1.64. The van der Waals surface area contributed by atoms with Gasteiger partial charge in [0, 0.05) is 13.2 Å². The van der Waals surface area contributed by atoms with Gasteiger partial charge in [0.15, 0.2) is 5.75 Å². The quantitative estimate of drug-likeness (QED) is 0.408. The number of aliphatic hydroxyl groups excluding tert-OH is 1. The van der Waals surface area contributed by atoms with Crippen molar-refractivity contribution < 1.29 is 14.8 Å². The number of benzene rings is 1. The fourth-order valence-corrected chi connectivity index (χ4v) is 1.64. The van der Waals surface area contributed by atoms with Gasteiger partial charge in [-0.25, -0.2) is 0 Å². The molecule has 19 heavy (non-hydrogen) atoms. The van der Waals surface area contributed by atoms with Gasteiger partial charge in [0.2, 0.25) is 0 Å². The highest BCUT2D eigenvalue weighted by Gasteiger charge is 2.20. The third-order valence-corrected chi connectivity index (χ3v) is 2.54. The molecule has 0 aliphatic carbocycles. The highest BCUT2D eigenvalue weighted by atomic mass is 16.6. The number of hydrogen-bond donors (Lipinski definition) is 2. The number of anilines is 1. The second kappa shape index (κ2) is 8.31. The van der Waals surface area contributed by atoms with Crippen LogP contribution in [0.5, 0.6) is 5.75 Å². The van der Waals surface area contributed by atoms with E-state index in [0.29, 0.717) is 31.0 Å². The molecule has 0 aliphatic rings. The summed E-state index contributed by atoms with van der Waals surface area (Å²) in [5.74, 6) is 0.291. The van der Waals surface area contributed by atoms with Crippen molar-refractivity contribution in [2.45, 2.75) is 26.2 Å². The Morgan fingerprint density at radius 3 is 2.84 bits per heavy atom. The van der Waals surface area contributed by atoms with Crippen LogP contribution in [0, 0.1) is 10.1 Å². The van der Waals surface area contributed by atoms with Crippen LogP contribution in [0.25, 0.3) is 0 Å². The highest BCUT2D eigenvalue weighted by molar-refractivity contribution is 5.68. The van der Waals surface area contributed by atoms with E-state index in [2.05, 4.69) is 5.32 Å². The van der Waals surface area contributed by atoms with Crippen molar-refractivity contribution in [1.29, 1.82) is 0 Å². The molecule has 0 spiro atoms. The van der Waals surface area contributed by atoms with Gasteiger partial charge in [-0.2, -0.15) is 0 Å². The maximum atomic E-state index is 11.1. The Kier molecular flexibility index (Phi) is 6.67. The minimum atomic E-state index is -0.431. The molecule has 1 aromatic carbocycles. The van der Waals surface area contributed by atoms with Gasteiger partial charge in [-0.05, 0) is 31.4 Å². The molecule has 1 rings (SSSR count). The van der Waals surface area contributed by atoms with E-state index < -0.39 is 4.92 Å². The van der Waals surface area contributed by atoms with Gasteiger partial charge < -0.3 is 15.2 Å². The van der Waals surface area contributed by atoms with Gasteiger partial charge in [-0.15, -0.1) is 0 Å². The van der Waals surface area contributed by atoms with Crippen molar-refractivity contribution in [3.8, 4) is 5.75 Å². The lowest BCUT2D eigenvalue weighted by Crippen LogP contribution is -2.07. The van der Waals surface area contributed by atoms with Crippen LogP contribution in [0.4, 0.5) is 11.4 Å². The summed E-state index contributed by atoms with van der Waals surface area (Å²) < 4.78 is 5.39. The summed E-state index contributed by atoms with van der Waals surface area (Å²) >= 11 is 0. The first kappa shape index (κ1) is 15.2. The number of nitro benzene ring substituents is 1. The van der Waals surface area contributed by atoms with E-state index in [1.165, 1.54) is 0 Å². The average molecular weight is 268 g/mol. The zero-order valence-electron chi connectivity index (χ0n) is 11.1. The first-order valence-corrected chi connectivity index (χ1v) is 6.45. The normalized spacial score (nSPS) is 10.2. The maximum Gasteiger partial charge on any atom is 0.333 e. The molecule has 0 unspecified atom stereocenters. The summed E-state index contributed by atoms with van der Waals surface area (Å²) in [4.78, 5) is 10.7. The minimum Gasteiger partial charge on any atom is -0.487 e. The summed E-state index contributed by atoms with van der Waals surface area (Å²) in [6.45, 7) is 3.11. The van der Waals surface area contributed by atoms with Crippen molar-refractivity contribution in [2.24, 2.45) is 0 Å². The fraction of sp³-hybridized carbons (Fsp3) is 0.538. The second-order valence-electron chi connectivity index (χ2n) is 4.12. The first-order chi connectivity index (χ1) is 9.20. The largest absolute Gasteiger partial charge is 0.487 e. The zero-order valence-corrected chi connectivity index (χ0v) is 11.1. The topological polar surface area (TPSA) is 84.6 Å². The molecule has 0 aromatic heterocycles. The van der Waals surface area contributed by atoms with Gasteiger partial charge in [0.25, 0.3) is 0 Å². The zero-order chi connectivity index (χ0) is 14.1. The Morgan fingerprint density at radius 1 is 1.42 bits per heavy atom. The Hall–Kier alpha value is -1.82. The molecule has 6 heteroatoms. The molecule has 0 aliphatic heterocycles. The van der Waals surface area contributed by atoms with Gasteiger partial charge in [0.05, 0.1) is 11.5 Å². The number of rotatable bonds is 9. The Morgan fingerprint density at radius 2 is 2.21 bits per heavy atom. The molecule has 0 radical (unpaired) electrons. The standard InChI is InChI=1S/C13H20N2O4/c1-2-10-19-12-7-5-6-11(13(12)15(17)18)14-8-3-4-9-16/h5-7,14,16H,2-4,8-10H2,1H3. The number of nitrogens with one attached hydrogen (secondary N) is 1. The van der Waals surface area contributed by atoms with Gasteiger partial charge in [0.1, 0.15) is 5.69 Å². The average Bonchev–Trinajstić information content (AvgIpc) is 2.41. The first-order valence-electron chi connectivity index (χ1n) is 6.45. The molecule has 0 amide bonds. The number of para-hydroxylation sites is 1. The van der Waals surface area contributed by atoms with Crippen molar-refractivity contribution in [3.05, 3.63) is 28.3 Å². The Labute approximate surface area is 112 Å². The second-order valence-corrected chi connectivity index (χ2v) is 4.12. The van der Waals surface area contributed by atoms with Crippen LogP contribution < -0.4 is 10.1 Å². The molecule has 106 valence electrons. The summed E-state index contributed by atoms with van der Waals surface area (Å²) in [5, 5.41) is 22.8. The minimum absolute atomic E-state index is 0.0278. The lowest BCUT2D eigenvalue weighted by molar-refractivity contribution is -0.385. The van der Waals surface area contributed by atoms with Crippen molar-refractivity contribution in [2.75, 3.05) is 25.1 Å². The predicted octanol–water partition coefficient (Wildman–Crippen LogP) is 2.57. The van der Waals surface area contributed by atoms with Gasteiger partial charge in [-0.1, -0.05) is 13.0 Å². The van der Waals surface area contributed by atoms with E-state index in [0.717, 1.165) is 12.8 Å².